The van der Waals surface area contributed by atoms with Gasteiger partial charge in [0.25, 0.3) is 17.4 Å². The summed E-state index contributed by atoms with van der Waals surface area (Å²) >= 11 is 3.48. The molecule has 6 aromatic rings. The van der Waals surface area contributed by atoms with Gasteiger partial charge < -0.3 is 23.9 Å². The van der Waals surface area contributed by atoms with Crippen LogP contribution in [0.4, 0.5) is 5.69 Å². The maximum absolute atomic E-state index is 15.4. The average Bonchev–Trinajstić information content (AvgIpc) is 3.65. The summed E-state index contributed by atoms with van der Waals surface area (Å²) in [5.74, 6) is -2.12. The van der Waals surface area contributed by atoms with Crippen molar-refractivity contribution in [3.63, 3.8) is 0 Å². The van der Waals surface area contributed by atoms with Crippen LogP contribution in [0, 0.1) is 12.8 Å². The first kappa shape index (κ1) is 40.5. The van der Waals surface area contributed by atoms with Gasteiger partial charge in [0.1, 0.15) is 5.69 Å². The van der Waals surface area contributed by atoms with Crippen molar-refractivity contribution in [1.29, 1.82) is 0 Å². The molecule has 2 aromatic heterocycles. The first-order valence-electron chi connectivity index (χ1n) is 19.9. The largest absolute Gasteiger partial charge is 0.503 e. The van der Waals surface area contributed by atoms with Gasteiger partial charge in [0.05, 0.1) is 66.4 Å². The Hall–Kier alpha value is -6.88. The molecule has 17 heteroatoms. The number of phenolic OH excluding ortho intramolecular Hbond substituents is 1. The number of rotatable bonds is 10. The van der Waals surface area contributed by atoms with Crippen LogP contribution < -0.4 is 36.6 Å². The third-order valence-electron chi connectivity index (χ3n) is 12.6. The second-order valence-electron chi connectivity index (χ2n) is 15.7. The maximum atomic E-state index is 15.4. The molecule has 62 heavy (non-hydrogen) atoms. The Morgan fingerprint density at radius 1 is 0.887 bits per heavy atom. The van der Waals surface area contributed by atoms with E-state index in [2.05, 4.69) is 26.3 Å². The van der Waals surface area contributed by atoms with Gasteiger partial charge in [-0.05, 0) is 70.2 Å². The summed E-state index contributed by atoms with van der Waals surface area (Å²) in [4.78, 5) is 77.6. The van der Waals surface area contributed by atoms with E-state index in [1.165, 1.54) is 35.3 Å². The van der Waals surface area contributed by atoms with Crippen LogP contribution in [0.15, 0.2) is 109 Å². The Labute approximate surface area is 362 Å². The van der Waals surface area contributed by atoms with Crippen LogP contribution in [-0.4, -0.2) is 66.7 Å². The third kappa shape index (κ3) is 6.00. The smallest absolute Gasteiger partial charge is 0.347 e. The number of phenols is 1. The monoisotopic (exact) mass is 903 g/mol. The van der Waals surface area contributed by atoms with E-state index < -0.39 is 52.0 Å². The molecule has 16 nitrogen and oxygen atoms in total. The van der Waals surface area contributed by atoms with Gasteiger partial charge in [-0.1, -0.05) is 54.1 Å². The lowest BCUT2D eigenvalue weighted by Crippen LogP contribution is -2.53. The van der Waals surface area contributed by atoms with Crippen molar-refractivity contribution in [1.82, 2.24) is 28.5 Å². The minimum absolute atomic E-state index is 0.00824. The lowest BCUT2D eigenvalue weighted by atomic mass is 9.53. The number of amides is 2. The summed E-state index contributed by atoms with van der Waals surface area (Å²) in [7, 11) is 6.02. The minimum Gasteiger partial charge on any atom is -0.503 e. The highest BCUT2D eigenvalue weighted by Crippen LogP contribution is 2.62. The Bertz CT molecular complexity index is 3040. The molecule has 4 aromatic carbocycles. The molecule has 1 saturated heterocycles. The number of ether oxygens (including phenoxy) is 3. The number of aromatic hydroxyl groups is 1. The lowest BCUT2D eigenvalue weighted by molar-refractivity contribution is -0.138. The highest BCUT2D eigenvalue weighted by molar-refractivity contribution is 9.10. The van der Waals surface area contributed by atoms with Gasteiger partial charge in [-0.2, -0.15) is 5.01 Å². The number of aryl methyl sites for hydroxylation is 3. The van der Waals surface area contributed by atoms with Gasteiger partial charge in [0.2, 0.25) is 0 Å². The number of hydrogen-bond donors (Lipinski definition) is 2. The average molecular weight is 905 g/mol. The predicted molar refractivity (Wildman–Crippen MR) is 232 cm³/mol. The van der Waals surface area contributed by atoms with Crippen LogP contribution >= 0.6 is 15.9 Å². The number of carbonyl (C=O) groups is 2. The molecule has 2 N–H and O–H groups in total. The maximum Gasteiger partial charge on any atom is 0.347 e. The van der Waals surface area contributed by atoms with Crippen molar-refractivity contribution in [2.75, 3.05) is 26.8 Å². The van der Waals surface area contributed by atoms with Gasteiger partial charge in [0.15, 0.2) is 23.0 Å². The van der Waals surface area contributed by atoms with E-state index in [4.69, 9.17) is 14.2 Å². The molecule has 2 fully saturated rings. The summed E-state index contributed by atoms with van der Waals surface area (Å²) in [6, 6.07) is 22.2. The van der Waals surface area contributed by atoms with Crippen LogP contribution in [0.3, 0.4) is 0 Å². The van der Waals surface area contributed by atoms with E-state index >= 15 is 4.79 Å². The van der Waals surface area contributed by atoms with Crippen LogP contribution in [0.5, 0.6) is 23.0 Å². The molecule has 2 amide bonds. The second-order valence-corrected chi connectivity index (χ2v) is 16.6. The molecule has 318 valence electrons. The van der Waals surface area contributed by atoms with Crippen molar-refractivity contribution in [3.05, 3.63) is 149 Å². The summed E-state index contributed by atoms with van der Waals surface area (Å²) in [6.45, 7) is 1.74. The van der Waals surface area contributed by atoms with Gasteiger partial charge in [0, 0.05) is 38.1 Å². The van der Waals surface area contributed by atoms with Crippen molar-refractivity contribution in [2.45, 2.75) is 50.2 Å². The van der Waals surface area contributed by atoms with E-state index in [0.717, 1.165) is 15.1 Å². The molecule has 4 atom stereocenters. The summed E-state index contributed by atoms with van der Waals surface area (Å²) in [5.41, 5.74) is 4.27. The van der Waals surface area contributed by atoms with Crippen molar-refractivity contribution in [3.8, 4) is 23.0 Å². The molecule has 4 unspecified atom stereocenters. The Morgan fingerprint density at radius 2 is 1.58 bits per heavy atom. The zero-order chi connectivity index (χ0) is 43.8. The van der Waals surface area contributed by atoms with Gasteiger partial charge in [-0.3, -0.25) is 19.8 Å². The number of allylic oxidation sites excluding steroid dienone is 2. The number of hydrogen-bond acceptors (Lipinski definition) is 11. The third-order valence-corrected chi connectivity index (χ3v) is 13.2. The first-order valence-corrected chi connectivity index (χ1v) is 20.7. The Kier molecular flexibility index (Phi) is 9.96. The van der Waals surface area contributed by atoms with Crippen molar-refractivity contribution in [2.24, 2.45) is 13.0 Å². The summed E-state index contributed by atoms with van der Waals surface area (Å²) < 4.78 is 22.0. The van der Waals surface area contributed by atoms with Crippen LogP contribution in [-0.2, 0) is 41.6 Å². The van der Waals surface area contributed by atoms with Gasteiger partial charge >= 0.3 is 11.4 Å². The van der Waals surface area contributed by atoms with Gasteiger partial charge in [-0.25, -0.2) is 28.5 Å². The van der Waals surface area contributed by atoms with E-state index in [0.29, 0.717) is 49.4 Å². The summed E-state index contributed by atoms with van der Waals surface area (Å²) in [5, 5.41) is 12.0. The molecule has 0 spiro atoms. The molecular formula is C45H42BrN7O9. The van der Waals surface area contributed by atoms with E-state index in [1.807, 2.05) is 55.5 Å². The van der Waals surface area contributed by atoms with Crippen molar-refractivity contribution < 1.29 is 28.9 Å². The SMILES string of the molecule is COc1cc2nc(CCn3c(=O)n4n(c3=O)C3CC5C(=O)N(Nc6ccc(C)cc6)C(=O)C5(c5ccccc5)C(c5cc(Br)c(O)c(OC)c5)C3=CC4)c(=O)n(C)c2cc1OC. The number of hydrazine groups is 1. The molecule has 9 rings (SSSR count). The van der Waals surface area contributed by atoms with E-state index in [9.17, 15) is 24.3 Å². The van der Waals surface area contributed by atoms with E-state index in [1.54, 1.807) is 43.4 Å². The fraction of sp³-hybridized carbons (Fsp3) is 0.289. The lowest BCUT2D eigenvalue weighted by Gasteiger charge is -2.49. The number of carbonyl (C=O) groups excluding carboxylic acids is 2. The fourth-order valence-corrected chi connectivity index (χ4v) is 10.1. The second kappa shape index (κ2) is 15.2. The van der Waals surface area contributed by atoms with Gasteiger partial charge in [-0.15, -0.1) is 0 Å². The van der Waals surface area contributed by atoms with Crippen molar-refractivity contribution >= 4 is 44.5 Å². The molecule has 1 aliphatic carbocycles. The number of benzene rings is 4. The molecule has 0 bridgehead atoms. The number of imide groups is 1. The molecule has 4 heterocycles. The summed E-state index contributed by atoms with van der Waals surface area (Å²) in [6.07, 6.45) is 1.80. The predicted octanol–water partition coefficient (Wildman–Crippen LogP) is 4.72. The number of halogens is 1. The topological polar surface area (TPSA) is 181 Å². The minimum atomic E-state index is -1.55. The highest BCUT2D eigenvalue weighted by atomic mass is 79.9. The molecule has 2 aliphatic heterocycles. The van der Waals surface area contributed by atoms with Crippen LogP contribution in [0.2, 0.25) is 0 Å². The number of nitrogens with one attached hydrogen (secondary N) is 1. The molecule has 0 radical (unpaired) electrons. The fourth-order valence-electron chi connectivity index (χ4n) is 9.63. The number of aromatic nitrogens is 5. The van der Waals surface area contributed by atoms with E-state index in [-0.39, 0.29) is 43.1 Å². The quantitative estimate of drug-likeness (QED) is 0.144. The zero-order valence-corrected chi connectivity index (χ0v) is 36.0. The highest BCUT2D eigenvalue weighted by Gasteiger charge is 2.69. The van der Waals surface area contributed by atoms with Crippen LogP contribution in [0.1, 0.15) is 40.8 Å². The number of fused-ring (bicyclic) bond motifs is 5. The number of nitrogens with zero attached hydrogens (tertiary/aromatic N) is 6. The zero-order valence-electron chi connectivity index (χ0n) is 34.4. The Balaban J connectivity index is 1.18. The first-order chi connectivity index (χ1) is 29.8. The number of anilines is 1. The number of methoxy groups -OCH3 is 3. The normalized spacial score (nSPS) is 20.4. The molecule has 1 saturated carbocycles. The molecule has 3 aliphatic rings. The van der Waals surface area contributed by atoms with Crippen LogP contribution in [0.25, 0.3) is 11.0 Å². The Morgan fingerprint density at radius 3 is 2.27 bits per heavy atom. The molecular weight excluding hydrogens is 862 g/mol. The standard InChI is InChI=1S/C45H42BrN7O9/c1-24-11-13-27(14-12-24)48-52-40(55)29-21-33-28(38(25-19-30(46)39(54)37(20-25)62-5)45(29,42(52)57)26-9-7-6-8-10-26)15-18-51-43(58)50(44(59)53(33)51)17-16-31-41(56)49(2)34-23-36(61-4)35(60-3)22-32(34)47-31/h6-15,19-20,22-23,29,33,38,48,54H,16-18,21H2,1-5H3.